The van der Waals surface area contributed by atoms with Gasteiger partial charge < -0.3 is 20.3 Å². The van der Waals surface area contributed by atoms with Gasteiger partial charge in [-0.25, -0.2) is 0 Å². The first-order chi connectivity index (χ1) is 28.0. The summed E-state index contributed by atoms with van der Waals surface area (Å²) in [4.78, 5) is 26.0. The number of hydrogen-bond donors (Lipinski definition) is 3. The lowest BCUT2D eigenvalue weighted by Gasteiger charge is -2.24. The lowest BCUT2D eigenvalue weighted by atomic mass is 10.0. The highest BCUT2D eigenvalue weighted by atomic mass is 16.5. The first-order valence-corrected chi connectivity index (χ1v) is 23.0. The molecule has 0 saturated heterocycles. The Balaban J connectivity index is 4.76. The smallest absolute Gasteiger partial charge is 0.306 e. The molecule has 0 spiro atoms. The van der Waals surface area contributed by atoms with Crippen LogP contribution in [0.2, 0.25) is 0 Å². The normalized spacial score (nSPS) is 14.3. The summed E-state index contributed by atoms with van der Waals surface area (Å²) in [6, 6.07) is -0.722. The van der Waals surface area contributed by atoms with Crippen molar-refractivity contribution >= 4 is 11.9 Å². The molecule has 0 aliphatic heterocycles. The van der Waals surface area contributed by atoms with Crippen LogP contribution in [0, 0.1) is 0 Å². The van der Waals surface area contributed by atoms with Crippen molar-refractivity contribution in [2.24, 2.45) is 0 Å². The minimum atomic E-state index is -0.805. The van der Waals surface area contributed by atoms with E-state index in [0.29, 0.717) is 19.3 Å². The summed E-state index contributed by atoms with van der Waals surface area (Å²) in [7, 11) is 0. The highest BCUT2D eigenvalue weighted by Gasteiger charge is 2.24. The van der Waals surface area contributed by atoms with Gasteiger partial charge in [-0.1, -0.05) is 195 Å². The molecule has 57 heavy (non-hydrogen) atoms. The molecule has 0 radical (unpaired) electrons. The standard InChI is InChI=1S/C51H85NO5/c1-4-7-10-13-16-19-21-23-25-27-29-32-35-38-41-44-51(56)57-47(42-39-36-33-31-28-26-24-22-20-17-14-11-8-5-2)45-50(55)52-48(46-53)49(54)43-40-37-34-30-18-15-12-9-6-3/h7-8,10-11,13,16-17,19-21,23-27,29,47-49,53-54H,4-6,9,12,14-15,18,22,28,30-46H2,1-3H3,(H,52,55)/b10-7+,11-8+,16-13+,20-17+,21-19-,25-23-,26-24+,29-27+. The van der Waals surface area contributed by atoms with Crippen molar-refractivity contribution in [1.82, 2.24) is 5.32 Å². The van der Waals surface area contributed by atoms with Crippen LogP contribution in [0.4, 0.5) is 0 Å². The van der Waals surface area contributed by atoms with Crippen LogP contribution in [0.3, 0.4) is 0 Å². The van der Waals surface area contributed by atoms with Gasteiger partial charge in [0, 0.05) is 6.42 Å². The molecule has 3 unspecified atom stereocenters. The fourth-order valence-electron chi connectivity index (χ4n) is 6.35. The topological polar surface area (TPSA) is 95.9 Å². The number of carbonyl (C=O) groups excluding carboxylic acids is 2. The summed E-state index contributed by atoms with van der Waals surface area (Å²) in [5, 5.41) is 23.6. The number of ether oxygens (including phenoxy) is 1. The van der Waals surface area contributed by atoms with Gasteiger partial charge in [-0.05, 0) is 77.0 Å². The van der Waals surface area contributed by atoms with Crippen molar-refractivity contribution in [3.05, 3.63) is 97.2 Å². The average molecular weight is 792 g/mol. The molecule has 0 fully saturated rings. The Bertz CT molecular complexity index is 1160. The fraction of sp³-hybridized carbons (Fsp3) is 0.647. The van der Waals surface area contributed by atoms with Crippen molar-refractivity contribution < 1.29 is 24.5 Å². The zero-order chi connectivity index (χ0) is 41.7. The van der Waals surface area contributed by atoms with E-state index >= 15 is 0 Å². The van der Waals surface area contributed by atoms with Gasteiger partial charge in [0.1, 0.15) is 6.10 Å². The summed E-state index contributed by atoms with van der Waals surface area (Å²) in [5.41, 5.74) is 0. The molecule has 3 N–H and O–H groups in total. The maximum Gasteiger partial charge on any atom is 0.306 e. The third-order valence-electron chi connectivity index (χ3n) is 9.79. The maximum atomic E-state index is 13.1. The molecule has 0 saturated carbocycles. The van der Waals surface area contributed by atoms with Crippen LogP contribution in [-0.4, -0.2) is 46.9 Å². The van der Waals surface area contributed by atoms with Crippen LogP contribution in [0.5, 0.6) is 0 Å². The monoisotopic (exact) mass is 792 g/mol. The lowest BCUT2D eigenvalue weighted by molar-refractivity contribution is -0.151. The predicted octanol–water partition coefficient (Wildman–Crippen LogP) is 13.4. The molecule has 6 nitrogen and oxygen atoms in total. The van der Waals surface area contributed by atoms with Gasteiger partial charge in [0.15, 0.2) is 0 Å². The van der Waals surface area contributed by atoms with Crippen LogP contribution in [-0.2, 0) is 14.3 Å². The number of rotatable bonds is 39. The van der Waals surface area contributed by atoms with Gasteiger partial charge in [0.2, 0.25) is 5.91 Å². The third kappa shape index (κ3) is 39.4. The average Bonchev–Trinajstić information content (AvgIpc) is 3.20. The van der Waals surface area contributed by atoms with E-state index in [2.05, 4.69) is 80.8 Å². The molecule has 0 aromatic carbocycles. The number of aliphatic hydroxyl groups excluding tert-OH is 2. The number of carbonyl (C=O) groups is 2. The Morgan fingerprint density at radius 1 is 0.544 bits per heavy atom. The van der Waals surface area contributed by atoms with E-state index in [-0.39, 0.29) is 24.9 Å². The van der Waals surface area contributed by atoms with Gasteiger partial charge in [-0.2, -0.15) is 0 Å². The Morgan fingerprint density at radius 2 is 1.04 bits per heavy atom. The van der Waals surface area contributed by atoms with E-state index in [1.807, 2.05) is 42.5 Å². The predicted molar refractivity (Wildman–Crippen MR) is 245 cm³/mol. The molecule has 1 amide bonds. The molecular weight excluding hydrogens is 707 g/mol. The number of esters is 1. The lowest BCUT2D eigenvalue weighted by Crippen LogP contribution is -2.46. The number of allylic oxidation sites excluding steroid dienone is 16. The summed E-state index contributed by atoms with van der Waals surface area (Å²) < 4.78 is 5.88. The van der Waals surface area contributed by atoms with Gasteiger partial charge >= 0.3 is 5.97 Å². The van der Waals surface area contributed by atoms with Crippen LogP contribution in [0.15, 0.2) is 97.2 Å². The van der Waals surface area contributed by atoms with Gasteiger partial charge in [0.25, 0.3) is 0 Å². The highest BCUT2D eigenvalue weighted by Crippen LogP contribution is 2.16. The second-order valence-corrected chi connectivity index (χ2v) is 15.2. The zero-order valence-corrected chi connectivity index (χ0v) is 36.7. The van der Waals surface area contributed by atoms with Gasteiger partial charge in [-0.3, -0.25) is 9.59 Å². The van der Waals surface area contributed by atoms with Crippen molar-refractivity contribution in [1.29, 1.82) is 0 Å². The van der Waals surface area contributed by atoms with Crippen LogP contribution in [0.1, 0.15) is 188 Å². The quantitative estimate of drug-likeness (QED) is 0.0249. The number of aliphatic hydroxyl groups is 2. The Kier molecular flexibility index (Phi) is 41.4. The fourth-order valence-corrected chi connectivity index (χ4v) is 6.35. The SMILES string of the molecule is CC/C=C/C=C/C=C\C=C/C=C/CCCCCC(=O)OC(CCCCCC/C=C/C/C=C/C/C=C/CC)CC(=O)NC(CO)C(O)CCCCCCCCCCC. The molecule has 0 aromatic heterocycles. The number of hydrogen-bond acceptors (Lipinski definition) is 5. The van der Waals surface area contributed by atoms with Crippen LogP contribution >= 0.6 is 0 Å². The molecule has 0 rings (SSSR count). The van der Waals surface area contributed by atoms with E-state index in [1.54, 1.807) is 0 Å². The Morgan fingerprint density at radius 3 is 1.65 bits per heavy atom. The number of amides is 1. The van der Waals surface area contributed by atoms with E-state index in [1.165, 1.54) is 38.5 Å². The summed E-state index contributed by atoms with van der Waals surface area (Å²) in [6.07, 6.45) is 57.5. The van der Waals surface area contributed by atoms with Crippen LogP contribution < -0.4 is 5.32 Å². The summed E-state index contributed by atoms with van der Waals surface area (Å²) in [5.74, 6) is -0.558. The molecule has 3 atom stereocenters. The van der Waals surface area contributed by atoms with Crippen molar-refractivity contribution in [2.75, 3.05) is 6.61 Å². The maximum absolute atomic E-state index is 13.1. The number of nitrogens with one attached hydrogen (secondary N) is 1. The molecular formula is C51H85NO5. The Hall–Kier alpha value is -3.22. The van der Waals surface area contributed by atoms with Crippen molar-refractivity contribution in [2.45, 2.75) is 206 Å². The molecule has 0 aliphatic rings. The summed E-state index contributed by atoms with van der Waals surface area (Å²) in [6.45, 7) is 6.17. The van der Waals surface area contributed by atoms with Crippen molar-refractivity contribution in [3.63, 3.8) is 0 Å². The molecule has 6 heteroatoms. The van der Waals surface area contributed by atoms with Crippen molar-refractivity contribution in [3.8, 4) is 0 Å². The van der Waals surface area contributed by atoms with E-state index in [4.69, 9.17) is 4.74 Å². The highest BCUT2D eigenvalue weighted by molar-refractivity contribution is 5.77. The van der Waals surface area contributed by atoms with E-state index in [9.17, 15) is 19.8 Å². The van der Waals surface area contributed by atoms with Gasteiger partial charge in [-0.15, -0.1) is 0 Å². The molecule has 0 aliphatic carbocycles. The number of unbranched alkanes of at least 4 members (excludes halogenated alkanes) is 15. The molecule has 324 valence electrons. The third-order valence-corrected chi connectivity index (χ3v) is 9.79. The first kappa shape index (κ1) is 53.8. The largest absolute Gasteiger partial charge is 0.462 e. The zero-order valence-electron chi connectivity index (χ0n) is 36.7. The Labute approximate surface area is 350 Å². The van der Waals surface area contributed by atoms with E-state index < -0.39 is 18.2 Å². The second kappa shape index (κ2) is 43.9. The van der Waals surface area contributed by atoms with Crippen LogP contribution in [0.25, 0.3) is 0 Å². The molecule has 0 heterocycles. The minimum Gasteiger partial charge on any atom is -0.462 e. The summed E-state index contributed by atoms with van der Waals surface area (Å²) >= 11 is 0. The van der Waals surface area contributed by atoms with E-state index in [0.717, 1.165) is 103 Å². The van der Waals surface area contributed by atoms with Gasteiger partial charge in [0.05, 0.1) is 25.2 Å². The molecule has 0 bridgehead atoms. The minimum absolute atomic E-state index is 0.0389. The molecule has 0 aromatic rings. The second-order valence-electron chi connectivity index (χ2n) is 15.2. The first-order valence-electron chi connectivity index (χ1n) is 23.0.